The summed E-state index contributed by atoms with van der Waals surface area (Å²) in [4.78, 5) is 2.67. The highest BCUT2D eigenvalue weighted by Crippen LogP contribution is 2.30. The lowest BCUT2D eigenvalue weighted by atomic mass is 9.85. The molecular formula is C17H22N2S. The van der Waals surface area contributed by atoms with Gasteiger partial charge in [0.25, 0.3) is 0 Å². The number of likely N-dealkylation sites (tertiary alicyclic amines) is 1. The van der Waals surface area contributed by atoms with Crippen LogP contribution in [0.1, 0.15) is 24.8 Å². The summed E-state index contributed by atoms with van der Waals surface area (Å²) in [5.41, 5.74) is 1.52. The average molecular weight is 286 g/mol. The first-order valence-electron chi connectivity index (χ1n) is 7.81. The van der Waals surface area contributed by atoms with E-state index in [4.69, 9.17) is 0 Å². The Balaban J connectivity index is 1.49. The molecule has 2 aliphatic heterocycles. The van der Waals surface area contributed by atoms with Crippen LogP contribution in [-0.2, 0) is 6.54 Å². The van der Waals surface area contributed by atoms with Crippen molar-refractivity contribution in [1.29, 1.82) is 0 Å². The van der Waals surface area contributed by atoms with Crippen LogP contribution in [0, 0.1) is 5.92 Å². The molecule has 1 N–H and O–H groups in total. The molecule has 2 aromatic rings. The highest BCUT2D eigenvalue weighted by Gasteiger charge is 2.30. The van der Waals surface area contributed by atoms with Gasteiger partial charge in [0, 0.05) is 23.8 Å². The molecule has 0 amide bonds. The monoisotopic (exact) mass is 286 g/mol. The molecule has 2 atom stereocenters. The molecule has 2 nitrogen and oxygen atoms in total. The van der Waals surface area contributed by atoms with Crippen LogP contribution in [0.4, 0.5) is 0 Å². The van der Waals surface area contributed by atoms with Crippen LogP contribution in [-0.4, -0.2) is 30.6 Å². The van der Waals surface area contributed by atoms with Gasteiger partial charge in [-0.15, -0.1) is 11.3 Å². The fourth-order valence-corrected chi connectivity index (χ4v) is 4.81. The fourth-order valence-electron chi connectivity index (χ4n) is 3.86. The maximum Gasteiger partial charge on any atom is 0.0346 e. The van der Waals surface area contributed by atoms with Crippen LogP contribution < -0.4 is 5.32 Å². The van der Waals surface area contributed by atoms with Gasteiger partial charge >= 0.3 is 0 Å². The lowest BCUT2D eigenvalue weighted by molar-refractivity contribution is 0.109. The molecule has 0 radical (unpaired) electrons. The second kappa shape index (κ2) is 5.47. The molecule has 4 rings (SSSR count). The van der Waals surface area contributed by atoms with E-state index in [1.165, 1.54) is 54.5 Å². The summed E-state index contributed by atoms with van der Waals surface area (Å²) in [5, 5.41) is 7.52. The van der Waals surface area contributed by atoms with Gasteiger partial charge in [-0.3, -0.25) is 4.90 Å². The summed E-state index contributed by atoms with van der Waals surface area (Å²) in [6.45, 7) is 4.89. The molecule has 0 spiro atoms. The van der Waals surface area contributed by atoms with Crippen molar-refractivity contribution >= 4 is 21.4 Å². The standard InChI is InChI=1S/C17H22N2S/c1-2-6-17-15(5-1)14(12-20-17)11-19-9-7-16-13(10-19)4-3-8-18-16/h1-2,5-6,12-13,16,18H,3-4,7-11H2. The molecule has 1 aromatic carbocycles. The number of nitrogens with zero attached hydrogens (tertiary/aromatic N) is 1. The minimum Gasteiger partial charge on any atom is -0.314 e. The largest absolute Gasteiger partial charge is 0.314 e. The lowest BCUT2D eigenvalue weighted by Crippen LogP contribution is -2.51. The molecule has 20 heavy (non-hydrogen) atoms. The van der Waals surface area contributed by atoms with Crippen molar-refractivity contribution in [3.05, 3.63) is 35.2 Å². The number of fused-ring (bicyclic) bond motifs is 2. The predicted octanol–water partition coefficient (Wildman–Crippen LogP) is 3.48. The summed E-state index contributed by atoms with van der Waals surface area (Å²) in [7, 11) is 0. The zero-order valence-corrected chi connectivity index (χ0v) is 12.7. The van der Waals surface area contributed by atoms with E-state index in [2.05, 4.69) is 39.9 Å². The third kappa shape index (κ3) is 2.39. The van der Waals surface area contributed by atoms with Gasteiger partial charge < -0.3 is 5.32 Å². The van der Waals surface area contributed by atoms with Gasteiger partial charge in [-0.25, -0.2) is 0 Å². The minimum atomic E-state index is 0.791. The van der Waals surface area contributed by atoms with Crippen LogP contribution >= 0.6 is 11.3 Å². The first kappa shape index (κ1) is 12.8. The van der Waals surface area contributed by atoms with Crippen LogP contribution in [0.5, 0.6) is 0 Å². The van der Waals surface area contributed by atoms with Crippen molar-refractivity contribution in [2.45, 2.75) is 31.8 Å². The average Bonchev–Trinajstić information content (AvgIpc) is 2.91. The van der Waals surface area contributed by atoms with Crippen LogP contribution in [0.15, 0.2) is 29.6 Å². The zero-order chi connectivity index (χ0) is 13.4. The van der Waals surface area contributed by atoms with Crippen LogP contribution in [0.25, 0.3) is 10.1 Å². The Hall–Kier alpha value is -0.900. The fraction of sp³-hybridized carbons (Fsp3) is 0.529. The third-order valence-corrected chi connectivity index (χ3v) is 5.94. The second-order valence-electron chi connectivity index (χ2n) is 6.24. The Bertz CT molecular complexity index is 591. The summed E-state index contributed by atoms with van der Waals surface area (Å²) in [5.74, 6) is 0.877. The van der Waals surface area contributed by atoms with E-state index in [0.29, 0.717) is 0 Å². The Labute approximate surface area is 124 Å². The summed E-state index contributed by atoms with van der Waals surface area (Å²) in [6, 6.07) is 9.60. The van der Waals surface area contributed by atoms with Gasteiger partial charge in [-0.2, -0.15) is 0 Å². The summed E-state index contributed by atoms with van der Waals surface area (Å²) < 4.78 is 1.43. The van der Waals surface area contributed by atoms with Gasteiger partial charge in [0.2, 0.25) is 0 Å². The molecule has 1 aromatic heterocycles. The van der Waals surface area contributed by atoms with E-state index < -0.39 is 0 Å². The van der Waals surface area contributed by atoms with E-state index in [0.717, 1.165) is 18.5 Å². The number of benzene rings is 1. The molecule has 0 aliphatic carbocycles. The SMILES string of the molecule is c1ccc2c(CN3CCC4NCCCC4C3)csc2c1. The van der Waals surface area contributed by atoms with E-state index in [9.17, 15) is 0 Å². The normalized spacial score (nSPS) is 27.6. The number of hydrogen-bond donors (Lipinski definition) is 1. The zero-order valence-electron chi connectivity index (χ0n) is 11.8. The van der Waals surface area contributed by atoms with Crippen molar-refractivity contribution < 1.29 is 0 Å². The second-order valence-corrected chi connectivity index (χ2v) is 7.16. The van der Waals surface area contributed by atoms with E-state index >= 15 is 0 Å². The summed E-state index contributed by atoms with van der Waals surface area (Å²) >= 11 is 1.89. The van der Waals surface area contributed by atoms with Crippen molar-refractivity contribution in [2.24, 2.45) is 5.92 Å². The van der Waals surface area contributed by atoms with Crippen molar-refractivity contribution in [2.75, 3.05) is 19.6 Å². The highest BCUT2D eigenvalue weighted by molar-refractivity contribution is 7.17. The molecule has 106 valence electrons. The van der Waals surface area contributed by atoms with Gasteiger partial charge in [0.15, 0.2) is 0 Å². The molecule has 3 heterocycles. The van der Waals surface area contributed by atoms with Gasteiger partial charge in [-0.1, -0.05) is 18.2 Å². The topological polar surface area (TPSA) is 15.3 Å². The van der Waals surface area contributed by atoms with Crippen LogP contribution in [0.3, 0.4) is 0 Å². The number of rotatable bonds is 2. The Kier molecular flexibility index (Phi) is 3.51. The van der Waals surface area contributed by atoms with Crippen molar-refractivity contribution in [3.8, 4) is 0 Å². The Morgan fingerprint density at radius 1 is 1.25 bits per heavy atom. The van der Waals surface area contributed by atoms with Crippen molar-refractivity contribution in [3.63, 3.8) is 0 Å². The number of hydrogen-bond acceptors (Lipinski definition) is 3. The maximum atomic E-state index is 3.71. The highest BCUT2D eigenvalue weighted by atomic mass is 32.1. The van der Waals surface area contributed by atoms with Crippen molar-refractivity contribution in [1.82, 2.24) is 10.2 Å². The number of piperidine rings is 2. The molecule has 2 fully saturated rings. The molecule has 2 aliphatic rings. The van der Waals surface area contributed by atoms with Crippen LogP contribution in [0.2, 0.25) is 0 Å². The quantitative estimate of drug-likeness (QED) is 0.909. The number of thiophene rings is 1. The molecule has 3 heteroatoms. The molecule has 0 saturated carbocycles. The summed E-state index contributed by atoms with van der Waals surface area (Å²) in [6.07, 6.45) is 4.10. The number of nitrogens with one attached hydrogen (secondary N) is 1. The third-order valence-electron chi connectivity index (χ3n) is 4.93. The van der Waals surface area contributed by atoms with Gasteiger partial charge in [0.1, 0.15) is 0 Å². The Morgan fingerprint density at radius 3 is 3.20 bits per heavy atom. The smallest absolute Gasteiger partial charge is 0.0346 e. The first-order valence-corrected chi connectivity index (χ1v) is 8.69. The first-order chi connectivity index (χ1) is 9.90. The molecule has 2 saturated heterocycles. The maximum absolute atomic E-state index is 3.71. The van der Waals surface area contributed by atoms with Gasteiger partial charge in [0.05, 0.1) is 0 Å². The molecule has 2 unspecified atom stereocenters. The molecule has 0 bridgehead atoms. The van der Waals surface area contributed by atoms with Gasteiger partial charge in [-0.05, 0) is 60.7 Å². The van der Waals surface area contributed by atoms with E-state index in [-0.39, 0.29) is 0 Å². The van der Waals surface area contributed by atoms with E-state index in [1.807, 2.05) is 11.3 Å². The van der Waals surface area contributed by atoms with E-state index in [1.54, 1.807) is 0 Å². The predicted molar refractivity (Wildman–Crippen MR) is 86.2 cm³/mol. The minimum absolute atomic E-state index is 0.791. The Morgan fingerprint density at radius 2 is 2.20 bits per heavy atom. The lowest BCUT2D eigenvalue weighted by Gasteiger charge is -2.41. The molecular weight excluding hydrogens is 264 g/mol.